The zero-order chi connectivity index (χ0) is 14.5. The Balaban J connectivity index is 1.42. The Bertz CT molecular complexity index is 544. The first-order valence-corrected chi connectivity index (χ1v) is 7.53. The van der Waals surface area contributed by atoms with Gasteiger partial charge in [0.25, 0.3) is 0 Å². The molecule has 3 rings (SSSR count). The fourth-order valence-electron chi connectivity index (χ4n) is 2.81. The molecule has 1 N–H and O–H groups in total. The highest BCUT2D eigenvalue weighted by Gasteiger charge is 2.19. The molecule has 2 aromatic rings. The predicted molar refractivity (Wildman–Crippen MR) is 82.0 cm³/mol. The van der Waals surface area contributed by atoms with E-state index in [0.717, 1.165) is 44.7 Å². The van der Waals surface area contributed by atoms with Crippen LogP contribution >= 0.6 is 0 Å². The first-order valence-electron chi connectivity index (χ1n) is 7.53. The number of likely N-dealkylation sites (tertiary alicyclic amines) is 1. The predicted octanol–water partition coefficient (Wildman–Crippen LogP) is 1.33. The second-order valence-corrected chi connectivity index (χ2v) is 5.55. The van der Waals surface area contributed by atoms with Crippen molar-refractivity contribution >= 4 is 5.82 Å². The maximum absolute atomic E-state index is 4.23. The molecule has 0 radical (unpaired) electrons. The summed E-state index contributed by atoms with van der Waals surface area (Å²) in [5.41, 5.74) is 1.30. The normalized spacial score (nSPS) is 17.0. The van der Waals surface area contributed by atoms with Crippen molar-refractivity contribution in [2.45, 2.75) is 25.3 Å². The molecule has 0 saturated carbocycles. The molecule has 0 aromatic carbocycles. The largest absolute Gasteiger partial charge is 0.367 e. The fourth-order valence-corrected chi connectivity index (χ4v) is 2.81. The summed E-state index contributed by atoms with van der Waals surface area (Å²) < 4.78 is 1.96. The molecule has 1 fully saturated rings. The van der Waals surface area contributed by atoms with Crippen LogP contribution in [0.1, 0.15) is 18.5 Å². The van der Waals surface area contributed by atoms with Crippen LogP contribution in [0.4, 0.5) is 5.82 Å². The Morgan fingerprint density at radius 2 is 2.10 bits per heavy atom. The molecule has 6 nitrogen and oxygen atoms in total. The Hall–Kier alpha value is -1.95. The molecule has 1 aliphatic rings. The molecule has 112 valence electrons. The summed E-state index contributed by atoms with van der Waals surface area (Å²) in [5, 5.41) is 7.70. The van der Waals surface area contributed by atoms with Crippen molar-refractivity contribution in [3.63, 3.8) is 0 Å². The van der Waals surface area contributed by atoms with Gasteiger partial charge in [-0.15, -0.1) is 0 Å². The molecule has 0 spiro atoms. The molecule has 2 aromatic heterocycles. The first kappa shape index (κ1) is 14.0. The van der Waals surface area contributed by atoms with Gasteiger partial charge in [0.05, 0.1) is 0 Å². The smallest absolute Gasteiger partial charge is 0.129 e. The highest BCUT2D eigenvalue weighted by atomic mass is 15.3. The molecule has 21 heavy (non-hydrogen) atoms. The zero-order valence-electron chi connectivity index (χ0n) is 12.4. The van der Waals surface area contributed by atoms with E-state index in [-0.39, 0.29) is 0 Å². The number of piperidine rings is 1. The third-order valence-electron chi connectivity index (χ3n) is 4.13. The van der Waals surface area contributed by atoms with Crippen molar-refractivity contribution < 1.29 is 0 Å². The molecule has 1 saturated heterocycles. The van der Waals surface area contributed by atoms with Gasteiger partial charge in [-0.25, -0.2) is 9.97 Å². The van der Waals surface area contributed by atoms with Gasteiger partial charge in [0.2, 0.25) is 0 Å². The van der Waals surface area contributed by atoms with E-state index < -0.39 is 0 Å². The third kappa shape index (κ3) is 3.78. The minimum absolute atomic E-state index is 0.521. The second-order valence-electron chi connectivity index (χ2n) is 5.55. The van der Waals surface area contributed by atoms with Crippen LogP contribution in [0.15, 0.2) is 30.9 Å². The summed E-state index contributed by atoms with van der Waals surface area (Å²) in [6.45, 7) is 3.39. The molecule has 0 unspecified atom stereocenters. The van der Waals surface area contributed by atoms with Gasteiger partial charge in [-0.1, -0.05) is 0 Å². The van der Waals surface area contributed by atoms with Crippen LogP contribution in [0, 0.1) is 0 Å². The quantitative estimate of drug-likeness (QED) is 0.898. The van der Waals surface area contributed by atoms with E-state index in [0.29, 0.717) is 6.04 Å². The minimum atomic E-state index is 0.521. The van der Waals surface area contributed by atoms with Gasteiger partial charge < -0.3 is 10.2 Å². The Kier molecular flexibility index (Phi) is 4.45. The van der Waals surface area contributed by atoms with Gasteiger partial charge in [-0.05, 0) is 25.0 Å². The number of aryl methyl sites for hydroxylation is 1. The summed E-state index contributed by atoms with van der Waals surface area (Å²) >= 11 is 0. The van der Waals surface area contributed by atoms with Gasteiger partial charge in [0.15, 0.2) is 0 Å². The Labute approximate surface area is 125 Å². The van der Waals surface area contributed by atoms with E-state index in [9.17, 15) is 0 Å². The van der Waals surface area contributed by atoms with Gasteiger partial charge in [0, 0.05) is 57.2 Å². The van der Waals surface area contributed by atoms with Gasteiger partial charge in [0.1, 0.15) is 12.1 Å². The summed E-state index contributed by atoms with van der Waals surface area (Å²) in [5.74, 6) is 0.929. The minimum Gasteiger partial charge on any atom is -0.367 e. The van der Waals surface area contributed by atoms with E-state index in [1.54, 1.807) is 12.5 Å². The van der Waals surface area contributed by atoms with Crippen LogP contribution < -0.4 is 5.32 Å². The molecule has 6 heteroatoms. The van der Waals surface area contributed by atoms with E-state index in [4.69, 9.17) is 0 Å². The van der Waals surface area contributed by atoms with Crippen molar-refractivity contribution in [2.24, 2.45) is 7.05 Å². The highest BCUT2D eigenvalue weighted by molar-refractivity contribution is 5.33. The molecule has 3 heterocycles. The molecule has 0 atom stereocenters. The summed E-state index contributed by atoms with van der Waals surface area (Å²) in [6.07, 6.45) is 8.63. The van der Waals surface area contributed by atoms with Crippen molar-refractivity contribution in [3.05, 3.63) is 36.5 Å². The van der Waals surface area contributed by atoms with Crippen LogP contribution in [0.5, 0.6) is 0 Å². The summed E-state index contributed by atoms with van der Waals surface area (Å²) in [6, 6.07) is 4.55. The summed E-state index contributed by atoms with van der Waals surface area (Å²) in [7, 11) is 2.01. The Morgan fingerprint density at radius 3 is 2.76 bits per heavy atom. The number of hydrogen-bond donors (Lipinski definition) is 1. The SMILES string of the molecule is Cn1nccc1CCN1CCC(Nc2ccncn2)CC1. The van der Waals surface area contributed by atoms with Gasteiger partial charge in [-0.3, -0.25) is 4.68 Å². The van der Waals surface area contributed by atoms with E-state index in [1.165, 1.54) is 5.69 Å². The van der Waals surface area contributed by atoms with Crippen molar-refractivity contribution in [3.8, 4) is 0 Å². The topological polar surface area (TPSA) is 58.9 Å². The average molecular weight is 286 g/mol. The van der Waals surface area contributed by atoms with Crippen molar-refractivity contribution in [2.75, 3.05) is 25.0 Å². The molecule has 0 aliphatic carbocycles. The zero-order valence-corrected chi connectivity index (χ0v) is 12.4. The van der Waals surface area contributed by atoms with Gasteiger partial charge >= 0.3 is 0 Å². The molecular weight excluding hydrogens is 264 g/mol. The lowest BCUT2D eigenvalue weighted by molar-refractivity contribution is 0.220. The number of nitrogens with one attached hydrogen (secondary N) is 1. The lowest BCUT2D eigenvalue weighted by atomic mass is 10.0. The van der Waals surface area contributed by atoms with Crippen LogP contribution in [-0.4, -0.2) is 50.3 Å². The molecule has 0 amide bonds. The number of anilines is 1. The van der Waals surface area contributed by atoms with Crippen LogP contribution in [0.2, 0.25) is 0 Å². The number of hydrogen-bond acceptors (Lipinski definition) is 5. The van der Waals surface area contributed by atoms with Crippen molar-refractivity contribution in [1.82, 2.24) is 24.6 Å². The molecule has 0 bridgehead atoms. The third-order valence-corrected chi connectivity index (χ3v) is 4.13. The fraction of sp³-hybridized carbons (Fsp3) is 0.533. The van der Waals surface area contributed by atoms with Crippen molar-refractivity contribution in [1.29, 1.82) is 0 Å². The molecule has 1 aliphatic heterocycles. The maximum Gasteiger partial charge on any atom is 0.129 e. The highest BCUT2D eigenvalue weighted by Crippen LogP contribution is 2.15. The second kappa shape index (κ2) is 6.67. The lowest BCUT2D eigenvalue weighted by Crippen LogP contribution is -2.40. The summed E-state index contributed by atoms with van der Waals surface area (Å²) in [4.78, 5) is 10.7. The number of nitrogens with zero attached hydrogens (tertiary/aromatic N) is 5. The number of rotatable bonds is 5. The van der Waals surface area contributed by atoms with E-state index >= 15 is 0 Å². The maximum atomic E-state index is 4.23. The number of aromatic nitrogens is 4. The van der Waals surface area contributed by atoms with Crippen LogP contribution in [0.25, 0.3) is 0 Å². The van der Waals surface area contributed by atoms with Crippen LogP contribution in [0.3, 0.4) is 0 Å². The Morgan fingerprint density at radius 1 is 1.24 bits per heavy atom. The van der Waals surface area contributed by atoms with Gasteiger partial charge in [-0.2, -0.15) is 5.10 Å². The standard InChI is InChI=1S/C15H22N6/c1-20-14(2-8-18-20)6-11-21-9-4-13(5-10-21)19-15-3-7-16-12-17-15/h2-3,7-8,12-13H,4-6,9-11H2,1H3,(H,16,17,19). The van der Waals surface area contributed by atoms with E-state index in [2.05, 4.69) is 31.3 Å². The average Bonchev–Trinajstić information content (AvgIpc) is 2.93. The first-order chi connectivity index (χ1) is 10.3. The molecular formula is C15H22N6. The monoisotopic (exact) mass is 286 g/mol. The lowest BCUT2D eigenvalue weighted by Gasteiger charge is -2.32. The van der Waals surface area contributed by atoms with E-state index in [1.807, 2.05) is 24.0 Å². The van der Waals surface area contributed by atoms with Crippen LogP contribution in [-0.2, 0) is 13.5 Å².